The van der Waals surface area contributed by atoms with Crippen LogP contribution in [-0.4, -0.2) is 30.4 Å². The fourth-order valence-electron chi connectivity index (χ4n) is 3.13. The lowest BCUT2D eigenvalue weighted by molar-refractivity contribution is 0.0653. The molecular formula is C21H21NO3. The maximum absolute atomic E-state index is 12.4. The minimum Gasteiger partial charge on any atom is -0.497 e. The Balaban J connectivity index is 1.62. The maximum Gasteiger partial charge on any atom is 0.261 e. The molecule has 0 aromatic heterocycles. The second kappa shape index (κ2) is 7.34. The molecule has 1 aliphatic rings. The molecule has 1 aliphatic heterocycles. The predicted molar refractivity (Wildman–Crippen MR) is 97.7 cm³/mol. The summed E-state index contributed by atoms with van der Waals surface area (Å²) in [6.07, 6.45) is 3.61. The largest absolute Gasteiger partial charge is 0.497 e. The third-order valence-corrected chi connectivity index (χ3v) is 4.52. The van der Waals surface area contributed by atoms with Gasteiger partial charge >= 0.3 is 0 Å². The Morgan fingerprint density at radius 2 is 1.60 bits per heavy atom. The number of amides is 2. The number of hydrogen-bond donors (Lipinski definition) is 0. The molecule has 2 amide bonds. The zero-order valence-corrected chi connectivity index (χ0v) is 14.5. The summed E-state index contributed by atoms with van der Waals surface area (Å²) in [5, 5.41) is 0. The van der Waals surface area contributed by atoms with E-state index in [4.69, 9.17) is 4.74 Å². The lowest BCUT2D eigenvalue weighted by Crippen LogP contribution is -2.30. The van der Waals surface area contributed by atoms with E-state index in [9.17, 15) is 9.59 Å². The van der Waals surface area contributed by atoms with Crippen LogP contribution in [0.3, 0.4) is 0 Å². The van der Waals surface area contributed by atoms with Gasteiger partial charge in [-0.05, 0) is 55.2 Å². The highest BCUT2D eigenvalue weighted by Crippen LogP contribution is 2.25. The fraction of sp³-hybridized carbons (Fsp3) is 0.238. The van der Waals surface area contributed by atoms with Crippen molar-refractivity contribution in [3.8, 4) is 5.75 Å². The number of rotatable bonds is 6. The number of fused-ring (bicyclic) bond motifs is 1. The van der Waals surface area contributed by atoms with Crippen LogP contribution in [0.1, 0.15) is 46.0 Å². The van der Waals surface area contributed by atoms with Gasteiger partial charge in [0.25, 0.3) is 11.8 Å². The minimum absolute atomic E-state index is 0.188. The molecule has 4 nitrogen and oxygen atoms in total. The number of carbonyl (C=O) groups is 2. The number of allylic oxidation sites excluding steroid dienone is 2. The van der Waals surface area contributed by atoms with Crippen LogP contribution in [0, 0.1) is 0 Å². The van der Waals surface area contributed by atoms with Gasteiger partial charge in [0, 0.05) is 6.54 Å². The Kier molecular flexibility index (Phi) is 4.98. The number of nitrogens with zero attached hydrogens (tertiary/aromatic N) is 1. The molecule has 0 spiro atoms. The van der Waals surface area contributed by atoms with Crippen LogP contribution in [0.4, 0.5) is 0 Å². The van der Waals surface area contributed by atoms with Gasteiger partial charge < -0.3 is 4.74 Å². The van der Waals surface area contributed by atoms with Crippen LogP contribution in [0.2, 0.25) is 0 Å². The lowest BCUT2D eigenvalue weighted by atomic mass is 10.0. The van der Waals surface area contributed by atoms with E-state index >= 15 is 0 Å². The minimum atomic E-state index is -0.188. The summed E-state index contributed by atoms with van der Waals surface area (Å²) < 4.78 is 5.18. The van der Waals surface area contributed by atoms with Gasteiger partial charge in [-0.2, -0.15) is 0 Å². The highest BCUT2D eigenvalue weighted by molar-refractivity contribution is 6.21. The van der Waals surface area contributed by atoms with Crippen LogP contribution >= 0.6 is 0 Å². The Bertz CT molecular complexity index is 786. The van der Waals surface area contributed by atoms with E-state index in [-0.39, 0.29) is 11.8 Å². The van der Waals surface area contributed by atoms with Crippen molar-refractivity contribution in [1.29, 1.82) is 0 Å². The molecule has 25 heavy (non-hydrogen) atoms. The van der Waals surface area contributed by atoms with E-state index < -0.39 is 0 Å². The zero-order chi connectivity index (χ0) is 17.8. The van der Waals surface area contributed by atoms with Crippen molar-refractivity contribution < 1.29 is 14.3 Å². The molecule has 0 bridgehead atoms. The van der Waals surface area contributed by atoms with Crippen molar-refractivity contribution >= 4 is 17.4 Å². The second-order valence-electron chi connectivity index (χ2n) is 5.95. The Hall–Kier alpha value is -2.88. The van der Waals surface area contributed by atoms with Crippen LogP contribution in [0.15, 0.2) is 54.6 Å². The highest BCUT2D eigenvalue weighted by Gasteiger charge is 2.34. The number of carbonyl (C=O) groups excluding carboxylic acids is 2. The lowest BCUT2D eigenvalue weighted by Gasteiger charge is -2.15. The fourth-order valence-corrected chi connectivity index (χ4v) is 3.13. The monoisotopic (exact) mass is 335 g/mol. The van der Waals surface area contributed by atoms with Gasteiger partial charge in [-0.3, -0.25) is 14.5 Å². The summed E-state index contributed by atoms with van der Waals surface area (Å²) in [5.41, 5.74) is 3.34. The molecule has 2 aromatic carbocycles. The molecule has 0 aliphatic carbocycles. The van der Waals surface area contributed by atoms with Crippen LogP contribution in [0.5, 0.6) is 5.75 Å². The van der Waals surface area contributed by atoms with E-state index in [1.54, 1.807) is 31.4 Å². The summed E-state index contributed by atoms with van der Waals surface area (Å²) in [5.74, 6) is 0.448. The molecule has 4 heteroatoms. The smallest absolute Gasteiger partial charge is 0.261 e. The normalized spacial score (nSPS) is 14.0. The predicted octanol–water partition coefficient (Wildman–Crippen LogP) is 4.17. The van der Waals surface area contributed by atoms with Gasteiger partial charge in [0.05, 0.1) is 18.2 Å². The van der Waals surface area contributed by atoms with Crippen molar-refractivity contribution in [2.45, 2.75) is 19.8 Å². The average Bonchev–Trinajstić information content (AvgIpc) is 2.90. The molecule has 1 heterocycles. The summed E-state index contributed by atoms with van der Waals surface area (Å²) >= 11 is 0. The number of methoxy groups -OCH3 is 1. The van der Waals surface area contributed by atoms with Crippen molar-refractivity contribution in [2.24, 2.45) is 0 Å². The standard InChI is InChI=1S/C21H21NO3/c1-3-15(16-10-12-17(25-2)13-11-16)7-6-14-22-20(23)18-8-4-5-9-19(18)21(22)24/h3-5,8-13H,6-7,14H2,1-2H3/b15-3-. The molecule has 0 saturated heterocycles. The van der Waals surface area contributed by atoms with Gasteiger partial charge in [-0.15, -0.1) is 0 Å². The average molecular weight is 335 g/mol. The molecule has 0 saturated carbocycles. The summed E-state index contributed by atoms with van der Waals surface area (Å²) in [7, 11) is 1.65. The first kappa shape index (κ1) is 17.0. The Morgan fingerprint density at radius 3 is 2.12 bits per heavy atom. The molecule has 0 atom stereocenters. The number of ether oxygens (including phenoxy) is 1. The van der Waals surface area contributed by atoms with Gasteiger partial charge in [-0.25, -0.2) is 0 Å². The van der Waals surface area contributed by atoms with Crippen molar-refractivity contribution in [2.75, 3.05) is 13.7 Å². The van der Waals surface area contributed by atoms with E-state index in [1.807, 2.05) is 31.2 Å². The van der Waals surface area contributed by atoms with Crippen molar-refractivity contribution in [3.63, 3.8) is 0 Å². The van der Waals surface area contributed by atoms with E-state index in [0.717, 1.165) is 24.2 Å². The van der Waals surface area contributed by atoms with Crippen molar-refractivity contribution in [3.05, 3.63) is 71.3 Å². The molecule has 0 unspecified atom stereocenters. The number of hydrogen-bond acceptors (Lipinski definition) is 3. The molecular weight excluding hydrogens is 314 g/mol. The summed E-state index contributed by atoms with van der Waals surface area (Å²) in [6.45, 7) is 2.43. The third-order valence-electron chi connectivity index (χ3n) is 4.52. The molecule has 3 rings (SSSR count). The summed E-state index contributed by atoms with van der Waals surface area (Å²) in [4.78, 5) is 26.1. The molecule has 0 radical (unpaired) electrons. The number of imide groups is 1. The molecule has 0 N–H and O–H groups in total. The molecule has 0 fully saturated rings. The van der Waals surface area contributed by atoms with Gasteiger partial charge in [0.1, 0.15) is 5.75 Å². The van der Waals surface area contributed by atoms with Gasteiger partial charge in [-0.1, -0.05) is 30.3 Å². The third kappa shape index (κ3) is 3.33. The maximum atomic E-state index is 12.4. The number of benzene rings is 2. The summed E-state index contributed by atoms with van der Waals surface area (Å²) in [6, 6.07) is 14.9. The van der Waals surface area contributed by atoms with Gasteiger partial charge in [0.15, 0.2) is 0 Å². The molecule has 128 valence electrons. The quantitative estimate of drug-likeness (QED) is 0.744. The van der Waals surface area contributed by atoms with Crippen LogP contribution in [-0.2, 0) is 0 Å². The van der Waals surface area contributed by atoms with Gasteiger partial charge in [0.2, 0.25) is 0 Å². The van der Waals surface area contributed by atoms with Crippen LogP contribution in [0.25, 0.3) is 5.57 Å². The van der Waals surface area contributed by atoms with Crippen LogP contribution < -0.4 is 4.74 Å². The second-order valence-corrected chi connectivity index (χ2v) is 5.95. The first-order valence-corrected chi connectivity index (χ1v) is 8.40. The first-order valence-electron chi connectivity index (χ1n) is 8.40. The first-order chi connectivity index (χ1) is 12.2. The van der Waals surface area contributed by atoms with E-state index in [2.05, 4.69) is 6.08 Å². The van der Waals surface area contributed by atoms with Crippen molar-refractivity contribution in [1.82, 2.24) is 4.90 Å². The zero-order valence-electron chi connectivity index (χ0n) is 14.5. The highest BCUT2D eigenvalue weighted by atomic mass is 16.5. The van der Waals surface area contributed by atoms with E-state index in [1.165, 1.54) is 10.5 Å². The topological polar surface area (TPSA) is 46.6 Å². The van der Waals surface area contributed by atoms with E-state index in [0.29, 0.717) is 17.7 Å². The SMILES string of the molecule is C/C=C(/CCCN1C(=O)c2ccccc2C1=O)c1ccc(OC)cc1. The Morgan fingerprint density at radius 1 is 1.00 bits per heavy atom. The molecule has 2 aromatic rings. The Labute approximate surface area is 147 Å².